The molecule has 0 bridgehead atoms. The van der Waals surface area contributed by atoms with Crippen molar-refractivity contribution in [2.75, 3.05) is 6.61 Å². The van der Waals surface area contributed by atoms with Crippen LogP contribution < -0.4 is 9.46 Å². The van der Waals surface area contributed by atoms with Crippen molar-refractivity contribution in [1.82, 2.24) is 9.71 Å². The summed E-state index contributed by atoms with van der Waals surface area (Å²) in [5.41, 5.74) is 0.0933. The molecule has 1 aromatic heterocycles. The van der Waals surface area contributed by atoms with Gasteiger partial charge in [-0.05, 0) is 110 Å². The number of nitrogens with zero attached hydrogens (tertiary/aromatic N) is 1. The van der Waals surface area contributed by atoms with Gasteiger partial charge in [-0.1, -0.05) is 34.1 Å². The zero-order chi connectivity index (χ0) is 31.3. The van der Waals surface area contributed by atoms with Crippen molar-refractivity contribution < 1.29 is 32.6 Å². The topological polar surface area (TPSA) is 132 Å². The maximum Gasteiger partial charge on any atom is 0.421 e. The molecule has 43 heavy (non-hydrogen) atoms. The predicted octanol–water partition coefficient (Wildman–Crippen LogP) is 5.75. The standard InChI is InChI=1S/C33H50N2O7S/c1-7-23-27-16-21(36)12-14-33(27,6)26-13-15-32(5)24(9-10-25(32)29(26)30(23)37)20(4)18-41-31(38)35-43(39,40)28-11-8-22(17-34-28)42-19(2)3/h8,11,17,19-20,23-27,29-30,37H,7,9-10,12-16,18H2,1-6H3,(H,35,38)/t20-,23-,24-,25+,26+,27+,29+,30-,32-,33-/m1/s1. The number of hydrogen-bond acceptors (Lipinski definition) is 8. The van der Waals surface area contributed by atoms with Crippen molar-refractivity contribution in [2.24, 2.45) is 52.3 Å². The molecule has 4 aliphatic rings. The number of Topliss-reactive ketones (excluding diaryl/α,β-unsaturated/α-hetero) is 1. The molecule has 0 aliphatic heterocycles. The number of aromatic nitrogens is 1. The van der Waals surface area contributed by atoms with Crippen molar-refractivity contribution in [3.8, 4) is 5.75 Å². The molecule has 4 saturated carbocycles. The molecule has 240 valence electrons. The highest BCUT2D eigenvalue weighted by atomic mass is 32.2. The third-order valence-corrected chi connectivity index (χ3v) is 13.3. The van der Waals surface area contributed by atoms with Crippen LogP contribution in [0, 0.1) is 52.3 Å². The Labute approximate surface area is 257 Å². The zero-order valence-corrected chi connectivity index (χ0v) is 27.4. The van der Waals surface area contributed by atoms with E-state index >= 15 is 0 Å². The third-order valence-electron chi connectivity index (χ3n) is 12.0. The average Bonchev–Trinajstić information content (AvgIpc) is 3.30. The lowest BCUT2D eigenvalue weighted by Gasteiger charge is -2.64. The van der Waals surface area contributed by atoms with Crippen LogP contribution in [0.4, 0.5) is 4.79 Å². The van der Waals surface area contributed by atoms with Gasteiger partial charge in [0.05, 0.1) is 25.0 Å². The first-order valence-corrected chi connectivity index (χ1v) is 17.7. The smallest absolute Gasteiger partial charge is 0.421 e. The molecule has 4 fully saturated rings. The second-order valence-electron chi connectivity index (χ2n) is 14.6. The van der Waals surface area contributed by atoms with Gasteiger partial charge in [0.15, 0.2) is 5.03 Å². The van der Waals surface area contributed by atoms with Gasteiger partial charge in [0, 0.05) is 12.8 Å². The number of aliphatic hydroxyl groups is 1. The molecule has 10 heteroatoms. The van der Waals surface area contributed by atoms with E-state index in [2.05, 4.69) is 32.7 Å². The maximum atomic E-state index is 12.7. The van der Waals surface area contributed by atoms with Gasteiger partial charge in [-0.3, -0.25) is 4.79 Å². The summed E-state index contributed by atoms with van der Waals surface area (Å²) < 4.78 is 38.4. The van der Waals surface area contributed by atoms with Crippen LogP contribution in [0.1, 0.15) is 92.9 Å². The number of amides is 1. The molecule has 2 N–H and O–H groups in total. The predicted molar refractivity (Wildman–Crippen MR) is 162 cm³/mol. The van der Waals surface area contributed by atoms with Gasteiger partial charge in [-0.25, -0.2) is 14.5 Å². The van der Waals surface area contributed by atoms with Crippen LogP contribution in [-0.4, -0.2) is 49.2 Å². The van der Waals surface area contributed by atoms with Crippen molar-refractivity contribution in [2.45, 2.75) is 110 Å². The summed E-state index contributed by atoms with van der Waals surface area (Å²) >= 11 is 0. The summed E-state index contributed by atoms with van der Waals surface area (Å²) in [6.07, 6.45) is 7.03. The zero-order valence-electron chi connectivity index (χ0n) is 26.5. The first kappa shape index (κ1) is 32.2. The lowest BCUT2D eigenvalue weighted by atomic mass is 9.41. The number of aliphatic hydroxyl groups excluding tert-OH is 1. The largest absolute Gasteiger partial charge is 0.489 e. The highest BCUT2D eigenvalue weighted by Gasteiger charge is 2.65. The normalized spacial score (nSPS) is 38.0. The molecular formula is C33H50N2O7S. The maximum absolute atomic E-state index is 12.7. The molecule has 1 amide bonds. The molecule has 1 heterocycles. The van der Waals surface area contributed by atoms with Crippen LogP contribution in [0.5, 0.6) is 5.75 Å². The molecule has 9 nitrogen and oxygen atoms in total. The van der Waals surface area contributed by atoms with Crippen molar-refractivity contribution >= 4 is 21.9 Å². The lowest BCUT2D eigenvalue weighted by molar-refractivity contribution is -0.195. The van der Waals surface area contributed by atoms with E-state index in [1.807, 2.05) is 18.6 Å². The van der Waals surface area contributed by atoms with Crippen molar-refractivity contribution in [1.29, 1.82) is 0 Å². The van der Waals surface area contributed by atoms with Gasteiger partial charge in [0.2, 0.25) is 0 Å². The van der Waals surface area contributed by atoms with Gasteiger partial charge >= 0.3 is 6.09 Å². The second-order valence-corrected chi connectivity index (χ2v) is 16.2. The number of ether oxygens (including phenoxy) is 2. The van der Waals surface area contributed by atoms with E-state index < -0.39 is 22.2 Å². The fourth-order valence-corrected chi connectivity index (χ4v) is 10.9. The van der Waals surface area contributed by atoms with Crippen LogP contribution in [0.3, 0.4) is 0 Å². The summed E-state index contributed by atoms with van der Waals surface area (Å²) in [4.78, 5) is 29.0. The minimum absolute atomic E-state index is 0.00315. The second kappa shape index (κ2) is 12.0. The summed E-state index contributed by atoms with van der Waals surface area (Å²) in [6.45, 7) is 12.8. The van der Waals surface area contributed by atoms with E-state index in [1.165, 1.54) is 18.3 Å². The molecule has 0 aromatic carbocycles. The van der Waals surface area contributed by atoms with Crippen LogP contribution in [-0.2, 0) is 19.6 Å². The Morgan fingerprint density at radius 3 is 2.47 bits per heavy atom. The number of pyridine rings is 1. The Morgan fingerprint density at radius 1 is 1.09 bits per heavy atom. The number of hydrogen-bond donors (Lipinski definition) is 2. The molecule has 0 spiro atoms. The van der Waals surface area contributed by atoms with Crippen molar-refractivity contribution in [3.63, 3.8) is 0 Å². The number of rotatable bonds is 8. The lowest BCUT2D eigenvalue weighted by Crippen LogP contribution is -2.62. The van der Waals surface area contributed by atoms with Gasteiger partial charge in [-0.2, -0.15) is 8.42 Å². The fourth-order valence-electron chi connectivity index (χ4n) is 10.1. The van der Waals surface area contributed by atoms with E-state index in [9.17, 15) is 23.1 Å². The van der Waals surface area contributed by atoms with E-state index in [1.54, 1.807) is 0 Å². The molecule has 0 saturated heterocycles. The fraction of sp³-hybridized carbons (Fsp3) is 0.788. The molecule has 0 radical (unpaired) electrons. The molecule has 5 rings (SSSR count). The highest BCUT2D eigenvalue weighted by molar-refractivity contribution is 7.90. The minimum Gasteiger partial charge on any atom is -0.489 e. The quantitative estimate of drug-likeness (QED) is 0.376. The van der Waals surface area contributed by atoms with E-state index in [-0.39, 0.29) is 52.2 Å². The van der Waals surface area contributed by atoms with Crippen LogP contribution in [0.15, 0.2) is 23.4 Å². The Kier molecular flexibility index (Phi) is 8.95. The van der Waals surface area contributed by atoms with Gasteiger partial charge in [0.25, 0.3) is 10.0 Å². The average molecular weight is 619 g/mol. The van der Waals surface area contributed by atoms with E-state index in [4.69, 9.17) is 9.47 Å². The first-order chi connectivity index (χ1) is 20.2. The number of ketones is 1. The molecule has 10 atom stereocenters. The Bertz CT molecular complexity index is 1300. The van der Waals surface area contributed by atoms with Gasteiger partial charge in [0.1, 0.15) is 11.5 Å². The van der Waals surface area contributed by atoms with Crippen LogP contribution in [0.2, 0.25) is 0 Å². The van der Waals surface area contributed by atoms with Crippen LogP contribution in [0.25, 0.3) is 0 Å². The Morgan fingerprint density at radius 2 is 1.81 bits per heavy atom. The molecule has 4 aliphatic carbocycles. The van der Waals surface area contributed by atoms with Crippen molar-refractivity contribution in [3.05, 3.63) is 18.3 Å². The molecular weight excluding hydrogens is 568 g/mol. The third kappa shape index (κ3) is 5.83. The minimum atomic E-state index is -4.19. The van der Waals surface area contributed by atoms with Gasteiger partial charge < -0.3 is 14.6 Å². The summed E-state index contributed by atoms with van der Waals surface area (Å²) in [5.74, 6) is 2.54. The SMILES string of the molecule is CC[C@H]1[C@@H](O)[C@@H]2[C@H](CC[C@]3(C)[C@@H]([C@H](C)COC(=O)NS(=O)(=O)c4ccc(OC(C)C)cn4)CC[C@@H]23)[C@@]2(C)CCC(=O)C[C@@H]12. The number of fused-ring (bicyclic) bond motifs is 5. The number of nitrogens with one attached hydrogen (secondary N) is 1. The van der Waals surface area contributed by atoms with E-state index in [0.29, 0.717) is 42.1 Å². The number of sulfonamides is 1. The Balaban J connectivity index is 1.23. The number of carbonyl (C=O) groups excluding carboxylic acids is 2. The number of carbonyl (C=O) groups is 2. The Hall–Kier alpha value is -2.20. The molecule has 1 aromatic rings. The van der Waals surface area contributed by atoms with Crippen LogP contribution >= 0.6 is 0 Å². The molecule has 0 unspecified atom stereocenters. The first-order valence-electron chi connectivity index (χ1n) is 16.2. The van der Waals surface area contributed by atoms with E-state index in [0.717, 1.165) is 38.5 Å². The monoisotopic (exact) mass is 618 g/mol. The summed E-state index contributed by atoms with van der Waals surface area (Å²) in [5, 5.41) is 11.6. The summed E-state index contributed by atoms with van der Waals surface area (Å²) in [7, 11) is -4.19. The summed E-state index contributed by atoms with van der Waals surface area (Å²) in [6, 6.07) is 2.80. The highest BCUT2D eigenvalue weighted by Crippen LogP contribution is 2.69. The van der Waals surface area contributed by atoms with Gasteiger partial charge in [-0.15, -0.1) is 0 Å².